The summed E-state index contributed by atoms with van der Waals surface area (Å²) in [4.78, 5) is 12.3. The van der Waals surface area contributed by atoms with Gasteiger partial charge in [0.05, 0.1) is 12.6 Å². The van der Waals surface area contributed by atoms with Crippen LogP contribution in [0.15, 0.2) is 24.3 Å². The Kier molecular flexibility index (Phi) is 3.66. The lowest BCUT2D eigenvalue weighted by Gasteiger charge is -2.40. The third-order valence-corrected chi connectivity index (χ3v) is 4.68. The van der Waals surface area contributed by atoms with Crippen LogP contribution < -0.4 is 15.8 Å². The first-order valence-corrected chi connectivity index (χ1v) is 7.44. The zero-order chi connectivity index (χ0) is 14.0. The standard InChI is InChI=1S/C16H22N2O2/c17-11-16(7-3-8-16)10-15(19)18-13-6-9-20-14-5-2-1-4-12(13)14/h1-2,4-5,13H,3,6-11,17H2,(H,18,19). The maximum atomic E-state index is 12.3. The summed E-state index contributed by atoms with van der Waals surface area (Å²) in [6.45, 7) is 1.27. The lowest BCUT2D eigenvalue weighted by molar-refractivity contribution is -0.125. The van der Waals surface area contributed by atoms with Crippen LogP contribution in [0, 0.1) is 5.41 Å². The summed E-state index contributed by atoms with van der Waals surface area (Å²) in [6.07, 6.45) is 4.76. The van der Waals surface area contributed by atoms with Gasteiger partial charge in [0.15, 0.2) is 0 Å². The number of carbonyl (C=O) groups excluding carboxylic acids is 1. The van der Waals surface area contributed by atoms with Gasteiger partial charge in [-0.25, -0.2) is 0 Å². The molecular weight excluding hydrogens is 252 g/mol. The van der Waals surface area contributed by atoms with E-state index in [1.165, 1.54) is 6.42 Å². The summed E-state index contributed by atoms with van der Waals surface area (Å²) >= 11 is 0. The van der Waals surface area contributed by atoms with Crippen LogP contribution in [-0.4, -0.2) is 19.1 Å². The predicted octanol–water partition coefficient (Wildman–Crippen LogP) is 2.15. The second-order valence-electron chi connectivity index (χ2n) is 6.03. The molecule has 0 radical (unpaired) electrons. The van der Waals surface area contributed by atoms with Crippen LogP contribution >= 0.6 is 0 Å². The molecule has 0 bridgehead atoms. The first kappa shape index (κ1) is 13.4. The molecule has 20 heavy (non-hydrogen) atoms. The number of rotatable bonds is 4. The number of nitrogens with two attached hydrogens (primary N) is 1. The van der Waals surface area contributed by atoms with Crippen molar-refractivity contribution in [2.45, 2.75) is 38.1 Å². The van der Waals surface area contributed by atoms with Gasteiger partial charge in [-0.1, -0.05) is 24.6 Å². The zero-order valence-electron chi connectivity index (χ0n) is 11.7. The number of para-hydroxylation sites is 1. The molecule has 1 unspecified atom stereocenters. The Morgan fingerprint density at radius 3 is 2.90 bits per heavy atom. The minimum atomic E-state index is 0.0643. The van der Waals surface area contributed by atoms with Crippen LogP contribution in [0.25, 0.3) is 0 Å². The molecule has 4 heteroatoms. The Bertz CT molecular complexity index is 491. The molecule has 0 aromatic heterocycles. The third-order valence-electron chi connectivity index (χ3n) is 4.68. The van der Waals surface area contributed by atoms with Crippen molar-refractivity contribution in [3.8, 4) is 5.75 Å². The van der Waals surface area contributed by atoms with E-state index in [2.05, 4.69) is 5.32 Å². The molecule has 2 aliphatic rings. The van der Waals surface area contributed by atoms with Gasteiger partial charge in [-0.05, 0) is 30.9 Å². The SMILES string of the molecule is NCC1(CC(=O)NC2CCOc3ccccc32)CCC1. The van der Waals surface area contributed by atoms with Crippen LogP contribution in [0.1, 0.15) is 43.7 Å². The van der Waals surface area contributed by atoms with Crippen molar-refractivity contribution in [1.29, 1.82) is 0 Å². The molecule has 1 heterocycles. The minimum Gasteiger partial charge on any atom is -0.493 e. The van der Waals surface area contributed by atoms with E-state index >= 15 is 0 Å². The Morgan fingerprint density at radius 2 is 2.20 bits per heavy atom. The smallest absolute Gasteiger partial charge is 0.221 e. The molecule has 0 spiro atoms. The van der Waals surface area contributed by atoms with Crippen molar-refractivity contribution in [2.75, 3.05) is 13.2 Å². The molecule has 1 aliphatic heterocycles. The fourth-order valence-electron chi connectivity index (χ4n) is 3.21. The van der Waals surface area contributed by atoms with Gasteiger partial charge < -0.3 is 15.8 Å². The van der Waals surface area contributed by atoms with Crippen molar-refractivity contribution in [2.24, 2.45) is 11.1 Å². The third kappa shape index (κ3) is 2.52. The van der Waals surface area contributed by atoms with E-state index in [1.807, 2.05) is 24.3 Å². The molecule has 1 fully saturated rings. The van der Waals surface area contributed by atoms with Gasteiger partial charge in [0.25, 0.3) is 0 Å². The van der Waals surface area contributed by atoms with E-state index in [-0.39, 0.29) is 17.4 Å². The molecule has 0 saturated heterocycles. The average Bonchev–Trinajstić information content (AvgIpc) is 2.43. The number of carbonyl (C=O) groups is 1. The highest BCUT2D eigenvalue weighted by molar-refractivity contribution is 5.77. The number of hydrogen-bond donors (Lipinski definition) is 2. The molecule has 1 aromatic rings. The zero-order valence-corrected chi connectivity index (χ0v) is 11.7. The van der Waals surface area contributed by atoms with Gasteiger partial charge in [-0.3, -0.25) is 4.79 Å². The summed E-state index contributed by atoms with van der Waals surface area (Å²) in [7, 11) is 0. The van der Waals surface area contributed by atoms with Crippen LogP contribution in [0.5, 0.6) is 5.75 Å². The Morgan fingerprint density at radius 1 is 1.40 bits per heavy atom. The Labute approximate surface area is 119 Å². The number of nitrogens with one attached hydrogen (secondary N) is 1. The summed E-state index contributed by atoms with van der Waals surface area (Å²) in [5, 5.41) is 3.16. The lowest BCUT2D eigenvalue weighted by Crippen LogP contribution is -2.43. The summed E-state index contributed by atoms with van der Waals surface area (Å²) in [5.74, 6) is 1.01. The molecule has 1 atom stereocenters. The molecule has 1 aromatic carbocycles. The molecule has 1 amide bonds. The highest BCUT2D eigenvalue weighted by atomic mass is 16.5. The van der Waals surface area contributed by atoms with Crippen molar-refractivity contribution in [1.82, 2.24) is 5.32 Å². The first-order chi connectivity index (χ1) is 9.72. The minimum absolute atomic E-state index is 0.0643. The van der Waals surface area contributed by atoms with Gasteiger partial charge >= 0.3 is 0 Å². The molecule has 1 aliphatic carbocycles. The second kappa shape index (κ2) is 5.44. The Hall–Kier alpha value is -1.55. The van der Waals surface area contributed by atoms with Crippen molar-refractivity contribution in [3.05, 3.63) is 29.8 Å². The number of fused-ring (bicyclic) bond motifs is 1. The van der Waals surface area contributed by atoms with E-state index < -0.39 is 0 Å². The van der Waals surface area contributed by atoms with E-state index in [9.17, 15) is 4.79 Å². The van der Waals surface area contributed by atoms with Crippen molar-refractivity contribution >= 4 is 5.91 Å². The van der Waals surface area contributed by atoms with E-state index in [1.54, 1.807) is 0 Å². The molecular formula is C16H22N2O2. The largest absolute Gasteiger partial charge is 0.493 e. The van der Waals surface area contributed by atoms with Crippen LogP contribution in [0.3, 0.4) is 0 Å². The number of hydrogen-bond acceptors (Lipinski definition) is 3. The van der Waals surface area contributed by atoms with E-state index in [0.717, 1.165) is 30.6 Å². The van der Waals surface area contributed by atoms with Gasteiger partial charge in [0, 0.05) is 18.4 Å². The summed E-state index contributed by atoms with van der Waals surface area (Å²) in [6, 6.07) is 8.01. The van der Waals surface area contributed by atoms with Gasteiger partial charge in [-0.2, -0.15) is 0 Å². The van der Waals surface area contributed by atoms with E-state index in [4.69, 9.17) is 10.5 Å². The van der Waals surface area contributed by atoms with Gasteiger partial charge in [-0.15, -0.1) is 0 Å². The molecule has 108 valence electrons. The quantitative estimate of drug-likeness (QED) is 0.884. The maximum Gasteiger partial charge on any atom is 0.221 e. The predicted molar refractivity (Wildman–Crippen MR) is 77.4 cm³/mol. The highest BCUT2D eigenvalue weighted by Gasteiger charge is 2.38. The molecule has 1 saturated carbocycles. The normalized spacial score (nSPS) is 23.1. The number of ether oxygens (including phenoxy) is 1. The topological polar surface area (TPSA) is 64.4 Å². The monoisotopic (exact) mass is 274 g/mol. The highest BCUT2D eigenvalue weighted by Crippen LogP contribution is 2.43. The Balaban J connectivity index is 1.65. The molecule has 3 N–H and O–H groups in total. The first-order valence-electron chi connectivity index (χ1n) is 7.44. The summed E-state index contributed by atoms with van der Waals surface area (Å²) in [5.41, 5.74) is 6.98. The fourth-order valence-corrected chi connectivity index (χ4v) is 3.21. The number of amides is 1. The molecule has 3 rings (SSSR count). The fraction of sp³-hybridized carbons (Fsp3) is 0.562. The van der Waals surface area contributed by atoms with Gasteiger partial charge in [0.1, 0.15) is 5.75 Å². The van der Waals surface area contributed by atoms with Crippen LogP contribution in [0.2, 0.25) is 0 Å². The summed E-state index contributed by atoms with van der Waals surface area (Å²) < 4.78 is 5.62. The van der Waals surface area contributed by atoms with Crippen molar-refractivity contribution in [3.63, 3.8) is 0 Å². The lowest BCUT2D eigenvalue weighted by atomic mass is 9.66. The second-order valence-corrected chi connectivity index (χ2v) is 6.03. The van der Waals surface area contributed by atoms with Gasteiger partial charge in [0.2, 0.25) is 5.91 Å². The van der Waals surface area contributed by atoms with Crippen LogP contribution in [-0.2, 0) is 4.79 Å². The van der Waals surface area contributed by atoms with E-state index in [0.29, 0.717) is 19.6 Å². The molecule has 4 nitrogen and oxygen atoms in total. The number of benzene rings is 1. The average molecular weight is 274 g/mol. The maximum absolute atomic E-state index is 12.3. The van der Waals surface area contributed by atoms with Crippen LogP contribution in [0.4, 0.5) is 0 Å². The van der Waals surface area contributed by atoms with Crippen molar-refractivity contribution < 1.29 is 9.53 Å².